The molecule has 1 atom stereocenters. The minimum Gasteiger partial charge on any atom is -0.339 e. The molecule has 2 fully saturated rings. The second-order valence-corrected chi connectivity index (χ2v) is 6.78. The molecular formula is C10H19ClN2O3S. The highest BCUT2D eigenvalue weighted by molar-refractivity contribution is 7.91. The van der Waals surface area contributed by atoms with Gasteiger partial charge in [0.05, 0.1) is 17.5 Å². The summed E-state index contributed by atoms with van der Waals surface area (Å²) < 4.78 is 22.5. The highest BCUT2D eigenvalue weighted by Gasteiger charge is 2.30. The van der Waals surface area contributed by atoms with Crippen molar-refractivity contribution in [1.29, 1.82) is 0 Å². The van der Waals surface area contributed by atoms with E-state index in [2.05, 4.69) is 5.32 Å². The number of hydrogen-bond acceptors (Lipinski definition) is 4. The number of carbonyl (C=O) groups excluding carboxylic acids is 1. The summed E-state index contributed by atoms with van der Waals surface area (Å²) in [5.74, 6) is 0.311. The molecule has 0 aromatic carbocycles. The average molecular weight is 283 g/mol. The molecule has 17 heavy (non-hydrogen) atoms. The summed E-state index contributed by atoms with van der Waals surface area (Å²) in [7, 11) is -2.89. The van der Waals surface area contributed by atoms with Crippen LogP contribution < -0.4 is 5.32 Å². The van der Waals surface area contributed by atoms with Gasteiger partial charge in [0.15, 0.2) is 9.84 Å². The minimum absolute atomic E-state index is 0. The van der Waals surface area contributed by atoms with E-state index in [1.165, 1.54) is 0 Å². The van der Waals surface area contributed by atoms with Crippen LogP contribution in [-0.2, 0) is 14.6 Å². The van der Waals surface area contributed by atoms with Crippen LogP contribution in [0.1, 0.15) is 19.3 Å². The lowest BCUT2D eigenvalue weighted by molar-refractivity contribution is -0.133. The molecule has 2 aliphatic rings. The van der Waals surface area contributed by atoms with Gasteiger partial charge in [-0.25, -0.2) is 8.42 Å². The molecule has 100 valence electrons. The van der Waals surface area contributed by atoms with Gasteiger partial charge in [-0.05, 0) is 19.4 Å². The third kappa shape index (κ3) is 3.82. The molecular weight excluding hydrogens is 264 g/mol. The molecule has 0 spiro atoms. The molecule has 2 aliphatic heterocycles. The molecule has 0 aromatic heterocycles. The Balaban J connectivity index is 0.00000144. The SMILES string of the molecule is Cl.O=C([C@@H]1CCCCN1)N1CCS(=O)(=O)CC1. The molecule has 2 heterocycles. The summed E-state index contributed by atoms with van der Waals surface area (Å²) in [4.78, 5) is 13.7. The van der Waals surface area contributed by atoms with Crippen LogP contribution >= 0.6 is 12.4 Å². The van der Waals surface area contributed by atoms with Crippen LogP contribution in [0.25, 0.3) is 0 Å². The number of halogens is 1. The quantitative estimate of drug-likeness (QED) is 0.724. The van der Waals surface area contributed by atoms with Gasteiger partial charge in [0.2, 0.25) is 5.91 Å². The van der Waals surface area contributed by atoms with Crippen molar-refractivity contribution in [1.82, 2.24) is 10.2 Å². The van der Waals surface area contributed by atoms with Crippen LogP contribution in [0.5, 0.6) is 0 Å². The first kappa shape index (κ1) is 14.7. The molecule has 7 heteroatoms. The summed E-state index contributed by atoms with van der Waals surface area (Å²) in [6, 6.07) is -0.0884. The van der Waals surface area contributed by atoms with Crippen LogP contribution in [0.3, 0.4) is 0 Å². The van der Waals surface area contributed by atoms with Gasteiger partial charge in [-0.2, -0.15) is 0 Å². The van der Waals surface area contributed by atoms with E-state index in [1.54, 1.807) is 4.90 Å². The van der Waals surface area contributed by atoms with E-state index >= 15 is 0 Å². The van der Waals surface area contributed by atoms with Crippen molar-refractivity contribution in [2.75, 3.05) is 31.1 Å². The van der Waals surface area contributed by atoms with Crippen molar-refractivity contribution in [3.05, 3.63) is 0 Å². The Morgan fingerprint density at radius 2 is 1.82 bits per heavy atom. The van der Waals surface area contributed by atoms with Crippen molar-refractivity contribution in [3.8, 4) is 0 Å². The highest BCUT2D eigenvalue weighted by Crippen LogP contribution is 2.12. The van der Waals surface area contributed by atoms with E-state index in [4.69, 9.17) is 0 Å². The van der Waals surface area contributed by atoms with Gasteiger partial charge in [0.1, 0.15) is 0 Å². The molecule has 1 amide bonds. The molecule has 0 aromatic rings. The zero-order valence-corrected chi connectivity index (χ0v) is 11.4. The molecule has 2 rings (SSSR count). The third-order valence-corrected chi connectivity index (χ3v) is 4.87. The number of amides is 1. The normalized spacial score (nSPS) is 28.2. The zero-order chi connectivity index (χ0) is 11.6. The van der Waals surface area contributed by atoms with Crippen molar-refractivity contribution in [2.45, 2.75) is 25.3 Å². The summed E-state index contributed by atoms with van der Waals surface area (Å²) in [6.07, 6.45) is 3.08. The number of nitrogens with zero attached hydrogens (tertiary/aromatic N) is 1. The molecule has 0 unspecified atom stereocenters. The highest BCUT2D eigenvalue weighted by atomic mass is 35.5. The van der Waals surface area contributed by atoms with Crippen LogP contribution in [0.4, 0.5) is 0 Å². The Morgan fingerprint density at radius 1 is 1.18 bits per heavy atom. The topological polar surface area (TPSA) is 66.5 Å². The monoisotopic (exact) mass is 282 g/mol. The number of piperidine rings is 1. The number of nitrogens with one attached hydrogen (secondary N) is 1. The second-order valence-electron chi connectivity index (χ2n) is 4.48. The van der Waals surface area contributed by atoms with Gasteiger partial charge >= 0.3 is 0 Å². The molecule has 1 N–H and O–H groups in total. The zero-order valence-electron chi connectivity index (χ0n) is 9.72. The summed E-state index contributed by atoms with van der Waals surface area (Å²) >= 11 is 0. The Labute approximate surface area is 108 Å². The maximum absolute atomic E-state index is 12.0. The fourth-order valence-corrected chi connectivity index (χ4v) is 3.42. The minimum atomic E-state index is -2.89. The number of sulfone groups is 1. The number of hydrogen-bond donors (Lipinski definition) is 1. The lowest BCUT2D eigenvalue weighted by atomic mass is 10.0. The third-order valence-electron chi connectivity index (χ3n) is 3.26. The summed E-state index contributed by atoms with van der Waals surface area (Å²) in [5, 5.41) is 3.20. The lowest BCUT2D eigenvalue weighted by Gasteiger charge is -2.32. The lowest BCUT2D eigenvalue weighted by Crippen LogP contribution is -2.52. The van der Waals surface area contributed by atoms with Crippen LogP contribution in [0, 0.1) is 0 Å². The van der Waals surface area contributed by atoms with Gasteiger partial charge in [-0.3, -0.25) is 4.79 Å². The van der Waals surface area contributed by atoms with Gasteiger partial charge in [-0.15, -0.1) is 12.4 Å². The average Bonchev–Trinajstić information content (AvgIpc) is 2.29. The predicted molar refractivity (Wildman–Crippen MR) is 68.1 cm³/mol. The fourth-order valence-electron chi connectivity index (χ4n) is 2.22. The Hall–Kier alpha value is -0.330. The fraction of sp³-hybridized carbons (Fsp3) is 0.900. The maximum atomic E-state index is 12.0. The van der Waals surface area contributed by atoms with Gasteiger partial charge in [0.25, 0.3) is 0 Å². The first-order chi connectivity index (χ1) is 7.58. The van der Waals surface area contributed by atoms with Crippen molar-refractivity contribution >= 4 is 28.2 Å². The number of rotatable bonds is 1. The standard InChI is InChI=1S/C10H18N2O3S.ClH/c13-10(9-3-1-2-4-11-9)12-5-7-16(14,15)8-6-12;/h9,11H,1-8H2;1H/t9-;/m0./s1. The molecule has 0 aliphatic carbocycles. The van der Waals surface area contributed by atoms with E-state index in [0.717, 1.165) is 25.8 Å². The maximum Gasteiger partial charge on any atom is 0.239 e. The Kier molecular flexibility index (Phi) is 5.22. The Bertz CT molecular complexity index is 352. The first-order valence-corrected chi connectivity index (χ1v) is 7.63. The van der Waals surface area contributed by atoms with Gasteiger partial charge < -0.3 is 10.2 Å². The summed E-state index contributed by atoms with van der Waals surface area (Å²) in [6.45, 7) is 1.61. The van der Waals surface area contributed by atoms with E-state index in [-0.39, 0.29) is 35.9 Å². The van der Waals surface area contributed by atoms with Crippen LogP contribution in [-0.4, -0.2) is 56.4 Å². The van der Waals surface area contributed by atoms with Gasteiger partial charge in [-0.1, -0.05) is 6.42 Å². The summed E-state index contributed by atoms with van der Waals surface area (Å²) in [5.41, 5.74) is 0. The van der Waals surface area contributed by atoms with E-state index < -0.39 is 9.84 Å². The van der Waals surface area contributed by atoms with Crippen LogP contribution in [0.2, 0.25) is 0 Å². The van der Waals surface area contributed by atoms with Crippen LogP contribution in [0.15, 0.2) is 0 Å². The molecule has 0 bridgehead atoms. The van der Waals surface area contributed by atoms with Crippen molar-refractivity contribution < 1.29 is 13.2 Å². The largest absolute Gasteiger partial charge is 0.339 e. The Morgan fingerprint density at radius 3 is 2.35 bits per heavy atom. The number of carbonyl (C=O) groups is 1. The van der Waals surface area contributed by atoms with Crippen molar-refractivity contribution in [2.24, 2.45) is 0 Å². The van der Waals surface area contributed by atoms with E-state index in [9.17, 15) is 13.2 Å². The van der Waals surface area contributed by atoms with Gasteiger partial charge in [0, 0.05) is 13.1 Å². The smallest absolute Gasteiger partial charge is 0.239 e. The second kappa shape index (κ2) is 6.02. The van der Waals surface area contributed by atoms with E-state index in [0.29, 0.717) is 13.1 Å². The van der Waals surface area contributed by atoms with E-state index in [1.807, 2.05) is 0 Å². The molecule has 5 nitrogen and oxygen atoms in total. The predicted octanol–water partition coefficient (Wildman–Crippen LogP) is -0.193. The van der Waals surface area contributed by atoms with Crippen molar-refractivity contribution in [3.63, 3.8) is 0 Å². The first-order valence-electron chi connectivity index (χ1n) is 5.81. The molecule has 0 radical (unpaired) electrons. The molecule has 2 saturated heterocycles. The molecule has 0 saturated carbocycles.